The standard InChI is InChI=1S/C33H42BrNO6/c1-22-12-10-16-29(37)41-28(24(3)18-17-23(2)21-25(20-22)40-32(35)39)15-8-6-7-9-19-33(4,5)31(38)26-13-11-14-27(36)30(26)34/h8-11,13-19,22-25,28,31,36,38H,12,20-21H2,1-5H3,(H2,35,39)/b15-8+,16-10-,18-17+,19-9+. The molecule has 2 rings (SSSR count). The number of carbonyl (C=O) groups excluding carboxylic acids is 2. The zero-order valence-corrected chi connectivity index (χ0v) is 26.0. The number of ether oxygens (including phenoxy) is 2. The summed E-state index contributed by atoms with van der Waals surface area (Å²) in [7, 11) is 0. The van der Waals surface area contributed by atoms with Gasteiger partial charge in [0.15, 0.2) is 0 Å². The van der Waals surface area contributed by atoms with Gasteiger partial charge >= 0.3 is 12.1 Å². The van der Waals surface area contributed by atoms with Gasteiger partial charge in [0.1, 0.15) is 18.0 Å². The Balaban J connectivity index is 2.15. The number of halogens is 1. The average Bonchev–Trinajstić information content (AvgIpc) is 2.88. The van der Waals surface area contributed by atoms with E-state index in [9.17, 15) is 19.8 Å². The number of aromatic hydroxyl groups is 1. The van der Waals surface area contributed by atoms with Gasteiger partial charge in [-0.1, -0.05) is 82.9 Å². The van der Waals surface area contributed by atoms with Gasteiger partial charge in [0.25, 0.3) is 0 Å². The van der Waals surface area contributed by atoms with Crippen LogP contribution in [0.4, 0.5) is 4.79 Å². The van der Waals surface area contributed by atoms with Crippen molar-refractivity contribution < 1.29 is 29.3 Å². The largest absolute Gasteiger partial charge is 0.507 e. The van der Waals surface area contributed by atoms with Crippen LogP contribution in [0.15, 0.2) is 71.3 Å². The number of aliphatic hydroxyl groups excluding tert-OH is 1. The van der Waals surface area contributed by atoms with Crippen LogP contribution in [0.2, 0.25) is 0 Å². The third-order valence-corrected chi connectivity index (χ3v) is 7.81. The predicted octanol–water partition coefficient (Wildman–Crippen LogP) is 6.91. The van der Waals surface area contributed by atoms with Crippen LogP contribution in [0.5, 0.6) is 5.75 Å². The van der Waals surface area contributed by atoms with Crippen molar-refractivity contribution in [3.8, 4) is 17.6 Å². The summed E-state index contributed by atoms with van der Waals surface area (Å²) in [6.07, 6.45) is 13.6. The first-order chi connectivity index (χ1) is 19.3. The minimum atomic E-state index is -0.870. The molecule has 1 aromatic carbocycles. The highest BCUT2D eigenvalue weighted by Gasteiger charge is 2.28. The number of carbonyl (C=O) groups is 2. The summed E-state index contributed by atoms with van der Waals surface area (Å²) in [4.78, 5) is 23.9. The van der Waals surface area contributed by atoms with Crippen LogP contribution < -0.4 is 5.73 Å². The Morgan fingerprint density at radius 2 is 1.90 bits per heavy atom. The van der Waals surface area contributed by atoms with Gasteiger partial charge in [0, 0.05) is 17.4 Å². The van der Waals surface area contributed by atoms with Crippen LogP contribution in [0.1, 0.15) is 65.5 Å². The summed E-state index contributed by atoms with van der Waals surface area (Å²) in [6.45, 7) is 9.79. The second-order valence-corrected chi connectivity index (χ2v) is 12.1. The first-order valence-electron chi connectivity index (χ1n) is 13.8. The van der Waals surface area contributed by atoms with Gasteiger partial charge in [-0.05, 0) is 76.9 Å². The number of nitrogens with two attached hydrogens (primary N) is 1. The average molecular weight is 629 g/mol. The van der Waals surface area contributed by atoms with Crippen LogP contribution in [-0.4, -0.2) is 34.5 Å². The van der Waals surface area contributed by atoms with E-state index in [1.807, 2.05) is 52.8 Å². The van der Waals surface area contributed by atoms with Crippen LogP contribution in [-0.2, 0) is 14.3 Å². The van der Waals surface area contributed by atoms with Gasteiger partial charge in [-0.3, -0.25) is 0 Å². The Bertz CT molecular complexity index is 1220. The fourth-order valence-electron chi connectivity index (χ4n) is 4.50. The minimum Gasteiger partial charge on any atom is -0.507 e. The topological polar surface area (TPSA) is 119 Å². The molecule has 1 aliphatic rings. The number of esters is 1. The molecule has 0 saturated heterocycles. The third kappa shape index (κ3) is 11.6. The molecule has 0 spiro atoms. The second kappa shape index (κ2) is 16.2. The van der Waals surface area contributed by atoms with Gasteiger partial charge in [0.05, 0.1) is 10.6 Å². The fraction of sp³-hybridized carbons (Fsp3) is 0.455. The minimum absolute atomic E-state index is 0.0645. The van der Waals surface area contributed by atoms with Crippen molar-refractivity contribution in [1.29, 1.82) is 0 Å². The zero-order chi connectivity index (χ0) is 30.6. The lowest BCUT2D eigenvalue weighted by atomic mass is 9.82. The molecule has 0 fully saturated rings. The molecule has 0 aromatic heterocycles. The lowest BCUT2D eigenvalue weighted by molar-refractivity contribution is -0.142. The second-order valence-electron chi connectivity index (χ2n) is 11.3. The van der Waals surface area contributed by atoms with Gasteiger partial charge in [-0.2, -0.15) is 0 Å². The monoisotopic (exact) mass is 627 g/mol. The van der Waals surface area contributed by atoms with Crippen molar-refractivity contribution in [2.45, 2.75) is 72.2 Å². The first kappa shape index (κ1) is 33.9. The molecule has 0 radical (unpaired) electrons. The van der Waals surface area contributed by atoms with Crippen LogP contribution in [0.25, 0.3) is 0 Å². The Morgan fingerprint density at radius 1 is 1.20 bits per heavy atom. The molecule has 41 heavy (non-hydrogen) atoms. The number of aliphatic hydroxyl groups is 1. The molecule has 6 unspecified atom stereocenters. The van der Waals surface area contributed by atoms with Gasteiger partial charge < -0.3 is 25.4 Å². The van der Waals surface area contributed by atoms with Crippen molar-refractivity contribution in [1.82, 2.24) is 0 Å². The molecule has 0 bridgehead atoms. The lowest BCUT2D eigenvalue weighted by Gasteiger charge is -2.28. The van der Waals surface area contributed by atoms with Crippen molar-refractivity contribution >= 4 is 28.0 Å². The number of hydrogen-bond acceptors (Lipinski definition) is 6. The maximum Gasteiger partial charge on any atom is 0.404 e. The molecule has 222 valence electrons. The highest BCUT2D eigenvalue weighted by Crippen LogP contribution is 2.40. The molecule has 8 heteroatoms. The number of allylic oxidation sites excluding steroid dienone is 4. The maximum atomic E-state index is 12.5. The highest BCUT2D eigenvalue weighted by atomic mass is 79.9. The molecule has 1 aromatic rings. The normalized spacial score (nSPS) is 26.8. The smallest absolute Gasteiger partial charge is 0.404 e. The number of phenols is 1. The fourth-order valence-corrected chi connectivity index (χ4v) is 4.98. The Morgan fingerprint density at radius 3 is 2.61 bits per heavy atom. The number of phenolic OH excluding ortho intramolecular Hbond substituents is 1. The van der Waals surface area contributed by atoms with E-state index in [0.717, 1.165) is 0 Å². The molecular formula is C33H42BrNO6. The molecule has 1 aliphatic heterocycles. The van der Waals surface area contributed by atoms with Gasteiger partial charge in [-0.15, -0.1) is 0 Å². The molecule has 1 amide bonds. The predicted molar refractivity (Wildman–Crippen MR) is 165 cm³/mol. The van der Waals surface area contributed by atoms with E-state index in [1.165, 1.54) is 6.08 Å². The van der Waals surface area contributed by atoms with Crippen molar-refractivity contribution in [2.75, 3.05) is 0 Å². The summed E-state index contributed by atoms with van der Waals surface area (Å²) < 4.78 is 11.5. The van der Waals surface area contributed by atoms with Crippen molar-refractivity contribution in [3.05, 3.63) is 76.8 Å². The highest BCUT2D eigenvalue weighted by molar-refractivity contribution is 9.10. The van der Waals surface area contributed by atoms with E-state index in [4.69, 9.17) is 15.2 Å². The van der Waals surface area contributed by atoms with E-state index in [0.29, 0.717) is 29.3 Å². The van der Waals surface area contributed by atoms with E-state index in [1.54, 1.807) is 42.5 Å². The summed E-state index contributed by atoms with van der Waals surface area (Å²) in [5.41, 5.74) is 5.21. The zero-order valence-electron chi connectivity index (χ0n) is 24.4. The summed E-state index contributed by atoms with van der Waals surface area (Å²) in [5, 5.41) is 20.8. The molecule has 1 heterocycles. The van der Waals surface area contributed by atoms with E-state index < -0.39 is 29.7 Å². The number of primary amides is 1. The number of amides is 1. The molecule has 0 saturated carbocycles. The quantitative estimate of drug-likeness (QED) is 0.185. The summed E-state index contributed by atoms with van der Waals surface area (Å²) >= 11 is 3.34. The lowest BCUT2D eigenvalue weighted by Crippen LogP contribution is -2.26. The van der Waals surface area contributed by atoms with E-state index >= 15 is 0 Å². The summed E-state index contributed by atoms with van der Waals surface area (Å²) in [5.74, 6) is 5.69. The number of rotatable bonds is 5. The van der Waals surface area contributed by atoms with E-state index in [-0.39, 0.29) is 29.6 Å². The molecular weight excluding hydrogens is 586 g/mol. The molecule has 0 aliphatic carbocycles. The van der Waals surface area contributed by atoms with Crippen LogP contribution >= 0.6 is 15.9 Å². The van der Waals surface area contributed by atoms with Crippen molar-refractivity contribution in [3.63, 3.8) is 0 Å². The number of benzene rings is 1. The Kier molecular flexibility index (Phi) is 13.4. The van der Waals surface area contributed by atoms with Crippen LogP contribution in [0.3, 0.4) is 0 Å². The first-order valence-corrected chi connectivity index (χ1v) is 14.6. The number of cyclic esters (lactones) is 1. The maximum absolute atomic E-state index is 12.5. The molecule has 7 nitrogen and oxygen atoms in total. The van der Waals surface area contributed by atoms with Crippen LogP contribution in [0, 0.1) is 35.0 Å². The third-order valence-electron chi connectivity index (χ3n) is 6.95. The Labute approximate surface area is 252 Å². The summed E-state index contributed by atoms with van der Waals surface area (Å²) in [6, 6.07) is 4.99. The Hall–Kier alpha value is -3.28. The van der Waals surface area contributed by atoms with Gasteiger partial charge in [-0.25, -0.2) is 9.59 Å². The van der Waals surface area contributed by atoms with Gasteiger partial charge in [0.2, 0.25) is 0 Å². The van der Waals surface area contributed by atoms with Crippen molar-refractivity contribution in [2.24, 2.45) is 28.9 Å². The SMILES string of the molecule is CC1/C=C/C(C)C(/C=C/C#C/C=C/C(C)(C)C(O)c2cccc(O)c2Br)OC(=O)/C=C\CC(C)CC(OC(N)=O)C1. The number of hydrogen-bond donors (Lipinski definition) is 3. The van der Waals surface area contributed by atoms with E-state index in [2.05, 4.69) is 27.8 Å². The molecule has 6 atom stereocenters. The molecule has 4 N–H and O–H groups in total.